The monoisotopic (exact) mass is 264 g/mol. The van der Waals surface area contributed by atoms with E-state index in [-0.39, 0.29) is 0 Å². The van der Waals surface area contributed by atoms with Gasteiger partial charge in [-0.1, -0.05) is 53.7 Å². The van der Waals surface area contributed by atoms with E-state index < -0.39 is 0 Å². The van der Waals surface area contributed by atoms with Gasteiger partial charge in [-0.3, -0.25) is 0 Å². The predicted octanol–water partition coefficient (Wildman–Crippen LogP) is 5.14. The Kier molecular flexibility index (Phi) is 5.26. The molecule has 0 aliphatic rings. The summed E-state index contributed by atoms with van der Waals surface area (Å²) in [5.74, 6) is 0. The third kappa shape index (κ3) is 4.19. The molecular weight excluding hydrogens is 248 g/mol. The van der Waals surface area contributed by atoms with Gasteiger partial charge in [0.15, 0.2) is 0 Å². The van der Waals surface area contributed by atoms with Crippen molar-refractivity contribution in [3.63, 3.8) is 0 Å². The van der Waals surface area contributed by atoms with Gasteiger partial charge in [0.2, 0.25) is 0 Å². The topological polar surface area (TPSA) is 60.8 Å². The lowest BCUT2D eigenvalue weighted by molar-refractivity contribution is 0.996. The lowest BCUT2D eigenvalue weighted by Crippen LogP contribution is -1.92. The molecule has 0 aromatic heterocycles. The summed E-state index contributed by atoms with van der Waals surface area (Å²) in [7, 11) is 0. The fraction of sp³-hybridized carbons (Fsp3) is 0.125. The van der Waals surface area contributed by atoms with Gasteiger partial charge in [0.25, 0.3) is 0 Å². The number of hydrogen-bond acceptors (Lipinski definition) is 2. The summed E-state index contributed by atoms with van der Waals surface area (Å²) in [5, 5.41) is 6.90. The molecule has 2 rings (SSSR count). The molecule has 0 radical (unpaired) electrons. The molecule has 0 fully saturated rings. The maximum atomic E-state index is 8.22. The van der Waals surface area contributed by atoms with Crippen LogP contribution in [0, 0.1) is 0 Å². The first kappa shape index (κ1) is 13.7. The van der Waals surface area contributed by atoms with Gasteiger partial charge in [0, 0.05) is 22.8 Å². The fourth-order valence-electron chi connectivity index (χ4n) is 1.82. The third-order valence-corrected chi connectivity index (χ3v) is 2.77. The lowest BCUT2D eigenvalue weighted by Gasteiger charge is -2.09. The van der Waals surface area contributed by atoms with Crippen molar-refractivity contribution in [3.05, 3.63) is 76.7 Å². The number of azide groups is 1. The van der Waals surface area contributed by atoms with Gasteiger partial charge in [-0.05, 0) is 35.7 Å². The quantitative estimate of drug-likeness (QED) is 0.334. The molecule has 0 spiro atoms. The molecule has 0 atom stereocenters. The second kappa shape index (κ2) is 7.67. The molecule has 0 heterocycles. The lowest BCUT2D eigenvalue weighted by atomic mass is 10.1. The highest BCUT2D eigenvalue weighted by molar-refractivity contribution is 5.71. The van der Waals surface area contributed by atoms with Crippen LogP contribution in [0.1, 0.15) is 12.0 Å². The van der Waals surface area contributed by atoms with E-state index in [1.165, 1.54) is 0 Å². The summed E-state index contributed by atoms with van der Waals surface area (Å²) in [4.78, 5) is 2.73. The van der Waals surface area contributed by atoms with E-state index in [2.05, 4.69) is 21.4 Å². The molecule has 1 N–H and O–H groups in total. The van der Waals surface area contributed by atoms with Crippen LogP contribution in [-0.2, 0) is 0 Å². The molecule has 0 saturated heterocycles. The maximum absolute atomic E-state index is 8.22. The Labute approximate surface area is 118 Å². The van der Waals surface area contributed by atoms with E-state index >= 15 is 0 Å². The molecule has 0 unspecified atom stereocenters. The number of nitrogens with one attached hydrogen (secondary N) is 1. The molecule has 100 valence electrons. The first-order valence-corrected chi connectivity index (χ1v) is 6.48. The van der Waals surface area contributed by atoms with Crippen molar-refractivity contribution < 1.29 is 0 Å². The Morgan fingerprint density at radius 2 is 1.80 bits per heavy atom. The molecule has 0 amide bonds. The van der Waals surface area contributed by atoms with Gasteiger partial charge in [0.1, 0.15) is 0 Å². The van der Waals surface area contributed by atoms with Crippen molar-refractivity contribution in [3.8, 4) is 0 Å². The van der Waals surface area contributed by atoms with Gasteiger partial charge in [-0.15, -0.1) is 0 Å². The van der Waals surface area contributed by atoms with Gasteiger partial charge >= 0.3 is 0 Å². The second-order valence-corrected chi connectivity index (χ2v) is 4.22. The minimum absolute atomic E-state index is 0.487. The summed E-state index contributed by atoms with van der Waals surface area (Å²) in [6.07, 6.45) is 4.79. The molecule has 2 aromatic rings. The van der Waals surface area contributed by atoms with Crippen LogP contribution in [-0.4, -0.2) is 6.54 Å². The highest BCUT2D eigenvalue weighted by atomic mass is 15.1. The Hall–Kier alpha value is -2.71. The Morgan fingerprint density at radius 3 is 2.60 bits per heavy atom. The van der Waals surface area contributed by atoms with Crippen molar-refractivity contribution in [2.75, 3.05) is 11.9 Å². The zero-order valence-corrected chi connectivity index (χ0v) is 11.1. The minimum atomic E-state index is 0.487. The molecule has 20 heavy (non-hydrogen) atoms. The zero-order chi connectivity index (χ0) is 14.0. The number of para-hydroxylation sites is 2. The first-order valence-electron chi connectivity index (χ1n) is 6.48. The summed E-state index contributed by atoms with van der Waals surface area (Å²) < 4.78 is 0. The second-order valence-electron chi connectivity index (χ2n) is 4.22. The molecule has 0 aliphatic carbocycles. The Morgan fingerprint density at radius 1 is 1.05 bits per heavy atom. The average molecular weight is 264 g/mol. The van der Waals surface area contributed by atoms with E-state index in [1.54, 1.807) is 0 Å². The number of anilines is 2. The first-order chi connectivity index (χ1) is 9.90. The standard InChI is InChI=1S/C16H16N4/c17-20-18-13-7-6-9-14-8-4-5-12-16(14)19-15-10-2-1-3-11-15/h1-6,8-12,19H,7,13H2. The number of rotatable bonds is 6. The summed E-state index contributed by atoms with van der Waals surface area (Å²) in [6.45, 7) is 0.487. The van der Waals surface area contributed by atoms with Crippen LogP contribution in [0.15, 0.2) is 65.8 Å². The summed E-state index contributed by atoms with van der Waals surface area (Å²) in [5.41, 5.74) is 11.4. The summed E-state index contributed by atoms with van der Waals surface area (Å²) in [6, 6.07) is 18.2. The van der Waals surface area contributed by atoms with Crippen LogP contribution in [0.25, 0.3) is 16.5 Å². The smallest absolute Gasteiger partial charge is 0.0457 e. The normalized spacial score (nSPS) is 10.2. The van der Waals surface area contributed by atoms with Gasteiger partial charge < -0.3 is 5.32 Å². The SMILES string of the molecule is [N-]=[N+]=NCCC=Cc1ccccc1Nc1ccccc1. The molecule has 0 aliphatic heterocycles. The molecule has 4 heteroatoms. The van der Waals surface area contributed by atoms with Crippen LogP contribution in [0.3, 0.4) is 0 Å². The molecule has 2 aromatic carbocycles. The maximum Gasteiger partial charge on any atom is 0.0457 e. The Balaban J connectivity index is 2.08. The van der Waals surface area contributed by atoms with Crippen molar-refractivity contribution in [1.29, 1.82) is 0 Å². The van der Waals surface area contributed by atoms with Crippen LogP contribution >= 0.6 is 0 Å². The van der Waals surface area contributed by atoms with Crippen molar-refractivity contribution in [1.82, 2.24) is 0 Å². The van der Waals surface area contributed by atoms with Gasteiger partial charge in [0.05, 0.1) is 0 Å². The fourth-order valence-corrected chi connectivity index (χ4v) is 1.82. The van der Waals surface area contributed by atoms with E-state index in [1.807, 2.05) is 60.7 Å². The molecule has 0 bridgehead atoms. The largest absolute Gasteiger partial charge is 0.355 e. The molecule has 0 saturated carbocycles. The predicted molar refractivity (Wildman–Crippen MR) is 83.8 cm³/mol. The van der Waals surface area contributed by atoms with Crippen molar-refractivity contribution >= 4 is 17.5 Å². The van der Waals surface area contributed by atoms with Crippen LogP contribution in [0.4, 0.5) is 11.4 Å². The van der Waals surface area contributed by atoms with E-state index in [9.17, 15) is 0 Å². The van der Waals surface area contributed by atoms with E-state index in [0.717, 1.165) is 23.4 Å². The van der Waals surface area contributed by atoms with E-state index in [4.69, 9.17) is 5.53 Å². The van der Waals surface area contributed by atoms with Crippen molar-refractivity contribution in [2.45, 2.75) is 6.42 Å². The number of hydrogen-bond donors (Lipinski definition) is 1. The van der Waals surface area contributed by atoms with Crippen LogP contribution in [0.2, 0.25) is 0 Å². The molecular formula is C16H16N4. The highest BCUT2D eigenvalue weighted by Crippen LogP contribution is 2.21. The number of benzene rings is 2. The van der Waals surface area contributed by atoms with Crippen molar-refractivity contribution in [2.24, 2.45) is 5.11 Å². The van der Waals surface area contributed by atoms with Crippen LogP contribution < -0.4 is 5.32 Å². The highest BCUT2D eigenvalue weighted by Gasteiger charge is 1.98. The van der Waals surface area contributed by atoms with E-state index in [0.29, 0.717) is 6.54 Å². The minimum Gasteiger partial charge on any atom is -0.355 e. The zero-order valence-electron chi connectivity index (χ0n) is 11.1. The molecule has 4 nitrogen and oxygen atoms in total. The Bertz CT molecular complexity index is 613. The van der Waals surface area contributed by atoms with Gasteiger partial charge in [-0.2, -0.15) is 0 Å². The third-order valence-electron chi connectivity index (χ3n) is 2.77. The number of nitrogens with zero attached hydrogens (tertiary/aromatic N) is 3. The average Bonchev–Trinajstić information content (AvgIpc) is 2.50. The van der Waals surface area contributed by atoms with Crippen LogP contribution in [0.5, 0.6) is 0 Å². The van der Waals surface area contributed by atoms with Gasteiger partial charge in [-0.25, -0.2) is 0 Å². The summed E-state index contributed by atoms with van der Waals surface area (Å²) >= 11 is 0.